The average molecular weight is 619 g/mol. The molecule has 4 fully saturated rings. The number of ether oxygens (including phenoxy) is 2. The third-order valence-corrected chi connectivity index (χ3v) is 10.6. The van der Waals surface area contributed by atoms with Crippen LogP contribution in [0.15, 0.2) is 11.1 Å². The van der Waals surface area contributed by atoms with Crippen LogP contribution < -0.4 is 21.3 Å². The van der Waals surface area contributed by atoms with Crippen LogP contribution in [-0.4, -0.2) is 86.6 Å². The summed E-state index contributed by atoms with van der Waals surface area (Å²) in [6, 6.07) is 0. The van der Waals surface area contributed by atoms with Crippen LogP contribution in [0.4, 0.5) is 0 Å². The van der Waals surface area contributed by atoms with Crippen molar-refractivity contribution in [3.63, 3.8) is 0 Å². The zero-order valence-electron chi connectivity index (χ0n) is 27.6. The van der Waals surface area contributed by atoms with Gasteiger partial charge in [0.25, 0.3) is 5.60 Å². The van der Waals surface area contributed by atoms with Crippen molar-refractivity contribution in [2.75, 3.05) is 46.6 Å². The topological polar surface area (TPSA) is 141 Å². The molecule has 4 unspecified atom stereocenters. The van der Waals surface area contributed by atoms with E-state index in [9.17, 15) is 19.5 Å². The maximum absolute atomic E-state index is 14.2. The van der Waals surface area contributed by atoms with Crippen LogP contribution in [0.5, 0.6) is 0 Å². The molecular weight excluding hydrogens is 560 g/mol. The number of aliphatic hydroxyl groups excluding tert-OH is 1. The number of nitrogens with one attached hydrogen (secondary N) is 4. The smallest absolute Gasteiger partial charge is 0.350 e. The van der Waals surface area contributed by atoms with E-state index in [1.54, 1.807) is 0 Å². The number of hydrogen-bond acceptors (Lipinski definition) is 10. The number of hydrogen-bond donors (Lipinski definition) is 5. The number of carbonyl (C=O) groups is 3. The van der Waals surface area contributed by atoms with Gasteiger partial charge in [-0.25, -0.2) is 4.79 Å². The van der Waals surface area contributed by atoms with E-state index in [2.05, 4.69) is 28.2 Å². The van der Waals surface area contributed by atoms with Crippen LogP contribution in [0.3, 0.4) is 0 Å². The van der Waals surface area contributed by atoms with Gasteiger partial charge in [0, 0.05) is 37.4 Å². The Bertz CT molecular complexity index is 1030. The average Bonchev–Trinajstić information content (AvgIpc) is 3.75. The fourth-order valence-corrected chi connectivity index (χ4v) is 7.84. The predicted molar refractivity (Wildman–Crippen MR) is 170 cm³/mol. The molecule has 0 spiro atoms. The van der Waals surface area contributed by atoms with E-state index >= 15 is 0 Å². The van der Waals surface area contributed by atoms with Crippen LogP contribution in [0.2, 0.25) is 0 Å². The lowest BCUT2D eigenvalue weighted by Crippen LogP contribution is -2.58. The van der Waals surface area contributed by atoms with Gasteiger partial charge in [-0.3, -0.25) is 14.9 Å². The van der Waals surface area contributed by atoms with Gasteiger partial charge < -0.3 is 30.5 Å². The number of aliphatic hydroxyl groups is 1. The molecule has 2 saturated heterocycles. The number of rotatable bonds is 18. The molecule has 2 heterocycles. The van der Waals surface area contributed by atoms with Gasteiger partial charge in [-0.1, -0.05) is 45.1 Å². The molecular formula is C34H58N4O6. The molecule has 10 nitrogen and oxygen atoms in total. The summed E-state index contributed by atoms with van der Waals surface area (Å²) in [5.41, 5.74) is -1.76. The van der Waals surface area contributed by atoms with Gasteiger partial charge in [-0.2, -0.15) is 0 Å². The maximum Gasteiger partial charge on any atom is 0.350 e. The summed E-state index contributed by atoms with van der Waals surface area (Å²) >= 11 is 0. The number of Topliss-reactive ketones (excluding diaryl/α,β-unsaturated/α-hetero) is 2. The van der Waals surface area contributed by atoms with Crippen molar-refractivity contribution in [1.29, 1.82) is 0 Å². The molecule has 4 rings (SSSR count). The lowest BCUT2D eigenvalue weighted by molar-refractivity contribution is -0.159. The third kappa shape index (κ3) is 7.47. The predicted octanol–water partition coefficient (Wildman–Crippen LogP) is 2.98. The molecule has 2 aliphatic heterocycles. The van der Waals surface area contributed by atoms with Gasteiger partial charge in [0.05, 0.1) is 19.4 Å². The second kappa shape index (κ2) is 16.2. The van der Waals surface area contributed by atoms with Crippen LogP contribution in [0, 0.1) is 23.7 Å². The quantitative estimate of drug-likeness (QED) is 0.0512. The number of piperidine rings is 1. The van der Waals surface area contributed by atoms with Gasteiger partial charge in [-0.05, 0) is 83.5 Å². The van der Waals surface area contributed by atoms with Gasteiger partial charge >= 0.3 is 5.97 Å². The summed E-state index contributed by atoms with van der Waals surface area (Å²) in [4.78, 5) is 42.2. The Hall–Kier alpha value is -1.69. The van der Waals surface area contributed by atoms with E-state index in [0.717, 1.165) is 89.7 Å². The van der Waals surface area contributed by atoms with Gasteiger partial charge in [-0.15, -0.1) is 0 Å². The van der Waals surface area contributed by atoms with E-state index in [-0.39, 0.29) is 43.3 Å². The molecule has 7 atom stereocenters. The summed E-state index contributed by atoms with van der Waals surface area (Å²) < 4.78 is 12.1. The fourth-order valence-electron chi connectivity index (χ4n) is 7.84. The summed E-state index contributed by atoms with van der Waals surface area (Å²) in [5, 5.41) is 24.0. The molecule has 5 N–H and O–H groups in total. The Labute approximate surface area is 264 Å². The highest BCUT2D eigenvalue weighted by atomic mass is 16.7. The zero-order chi connectivity index (χ0) is 31.7. The summed E-state index contributed by atoms with van der Waals surface area (Å²) in [5.74, 6) is -1.42. The van der Waals surface area contributed by atoms with E-state index in [4.69, 9.17) is 9.47 Å². The van der Waals surface area contributed by atoms with Crippen molar-refractivity contribution in [3.8, 4) is 0 Å². The second-order valence-electron chi connectivity index (χ2n) is 13.6. The fraction of sp³-hybridized carbons (Fsp3) is 0.853. The highest BCUT2D eigenvalue weighted by molar-refractivity contribution is 6.23. The van der Waals surface area contributed by atoms with E-state index in [0.29, 0.717) is 24.3 Å². The number of unbranched alkanes of at least 4 members (excludes halogenated alkanes) is 1. The van der Waals surface area contributed by atoms with E-state index in [1.165, 1.54) is 0 Å². The summed E-state index contributed by atoms with van der Waals surface area (Å²) in [7, 11) is 1.92. The first-order valence-electron chi connectivity index (χ1n) is 17.3. The van der Waals surface area contributed by atoms with Crippen LogP contribution in [0.25, 0.3) is 0 Å². The van der Waals surface area contributed by atoms with Gasteiger partial charge in [0.15, 0.2) is 17.2 Å². The van der Waals surface area contributed by atoms with Crippen LogP contribution in [-0.2, 0) is 23.9 Å². The number of allylic oxidation sites excluding steroid dienone is 1. The Morgan fingerprint density at radius 1 is 1.16 bits per heavy atom. The molecule has 0 aromatic rings. The highest BCUT2D eigenvalue weighted by Crippen LogP contribution is 2.62. The Kier molecular flexibility index (Phi) is 13.0. The molecule has 2 aliphatic carbocycles. The monoisotopic (exact) mass is 618 g/mol. The normalized spacial score (nSPS) is 32.8. The maximum atomic E-state index is 14.2. The molecule has 0 aromatic carbocycles. The van der Waals surface area contributed by atoms with Crippen molar-refractivity contribution in [1.82, 2.24) is 21.3 Å². The second-order valence-corrected chi connectivity index (χ2v) is 13.6. The van der Waals surface area contributed by atoms with Crippen LogP contribution in [0.1, 0.15) is 97.8 Å². The number of carbonyl (C=O) groups excluding carboxylic acids is 3. The summed E-state index contributed by atoms with van der Waals surface area (Å²) in [6.07, 6.45) is 10.2. The van der Waals surface area contributed by atoms with Crippen LogP contribution >= 0.6 is 0 Å². The molecule has 10 heteroatoms. The molecule has 250 valence electrons. The first-order chi connectivity index (χ1) is 21.3. The van der Waals surface area contributed by atoms with E-state index in [1.807, 2.05) is 20.9 Å². The minimum Gasteiger partial charge on any atom is -0.463 e. The SMILES string of the molecule is CCCC[C@H](CNCC)COC(=O)[C@]12O[C@@]1(CC(CO)=C(C)CCC1CCNC(NCNC)C1)C(=O)C1CCCCC1C2=O. The van der Waals surface area contributed by atoms with E-state index < -0.39 is 29.0 Å². The van der Waals surface area contributed by atoms with Crippen molar-refractivity contribution >= 4 is 17.5 Å². The summed E-state index contributed by atoms with van der Waals surface area (Å²) in [6.45, 7) is 9.37. The lowest BCUT2D eigenvalue weighted by Gasteiger charge is -2.37. The third-order valence-electron chi connectivity index (χ3n) is 10.6. The number of fused-ring (bicyclic) bond motifs is 2. The first kappa shape index (κ1) is 35.2. The molecule has 0 bridgehead atoms. The zero-order valence-corrected chi connectivity index (χ0v) is 27.6. The number of esters is 1. The largest absolute Gasteiger partial charge is 0.463 e. The highest BCUT2D eigenvalue weighted by Gasteiger charge is 2.87. The molecule has 0 aromatic heterocycles. The molecule has 0 amide bonds. The molecule has 0 radical (unpaired) electrons. The standard InChI is InChI=1S/C34H58N4O6/c1-5-7-10-25(19-36-6-2)21-43-32(42)34-31(41)28-12-9-8-11-27(28)30(40)33(34,44-34)18-26(20-39)23(3)13-14-24-15-16-37-29(17-24)38-22-35-4/h24-25,27-29,35-39H,5-22H2,1-4H3/t24?,25-,27?,28?,29?,33+,34+/m1/s1. The molecule has 44 heavy (non-hydrogen) atoms. The van der Waals surface area contributed by atoms with Crippen molar-refractivity contribution < 1.29 is 29.0 Å². The van der Waals surface area contributed by atoms with Crippen molar-refractivity contribution in [2.45, 2.75) is 115 Å². The Morgan fingerprint density at radius 2 is 1.91 bits per heavy atom. The lowest BCUT2D eigenvalue weighted by atomic mass is 9.60. The molecule has 4 aliphatic rings. The first-order valence-corrected chi connectivity index (χ1v) is 17.3. The minimum absolute atomic E-state index is 0.0629. The van der Waals surface area contributed by atoms with Crippen molar-refractivity contribution in [3.05, 3.63) is 11.1 Å². The Morgan fingerprint density at radius 3 is 2.59 bits per heavy atom. The Balaban J connectivity index is 1.51. The van der Waals surface area contributed by atoms with Gasteiger partial charge in [0.2, 0.25) is 0 Å². The van der Waals surface area contributed by atoms with Crippen molar-refractivity contribution in [2.24, 2.45) is 23.7 Å². The minimum atomic E-state index is -1.89. The number of ketones is 2. The number of epoxide rings is 1. The molecule has 2 saturated carbocycles. The van der Waals surface area contributed by atoms with Gasteiger partial charge in [0.1, 0.15) is 0 Å².